The Kier molecular flexibility index (Phi) is 4.26. The number of nitrogens with zero attached hydrogens (tertiary/aromatic N) is 2. The van der Waals surface area contributed by atoms with E-state index in [1.165, 1.54) is 5.56 Å². The zero-order valence-corrected chi connectivity index (χ0v) is 16.0. The second kappa shape index (κ2) is 6.61. The van der Waals surface area contributed by atoms with E-state index in [0.717, 1.165) is 33.7 Å². The molecule has 2 aromatic carbocycles. The van der Waals surface area contributed by atoms with Crippen LogP contribution >= 0.6 is 0 Å². The lowest BCUT2D eigenvalue weighted by Crippen LogP contribution is -2.20. The third kappa shape index (κ3) is 3.23. The number of benzene rings is 2. The predicted octanol–water partition coefficient (Wildman–Crippen LogP) is 3.68. The molecule has 6 heteroatoms. The molecule has 1 N–H and O–H groups in total. The van der Waals surface area contributed by atoms with Gasteiger partial charge in [0.15, 0.2) is 11.5 Å². The van der Waals surface area contributed by atoms with Crippen LogP contribution in [0.15, 0.2) is 24.3 Å². The molecule has 0 saturated heterocycles. The molecule has 1 amide bonds. The van der Waals surface area contributed by atoms with Crippen LogP contribution in [0.5, 0.6) is 11.5 Å². The van der Waals surface area contributed by atoms with E-state index in [9.17, 15) is 4.79 Å². The van der Waals surface area contributed by atoms with E-state index < -0.39 is 0 Å². The molecule has 140 valence electrons. The molecule has 0 unspecified atom stereocenters. The molecule has 0 atom stereocenters. The molecule has 3 aromatic rings. The first-order chi connectivity index (χ1) is 12.9. The molecule has 0 bridgehead atoms. The van der Waals surface area contributed by atoms with Crippen LogP contribution in [0, 0.1) is 27.7 Å². The maximum atomic E-state index is 12.7. The van der Waals surface area contributed by atoms with Crippen molar-refractivity contribution in [3.63, 3.8) is 0 Å². The van der Waals surface area contributed by atoms with Crippen LogP contribution in [0.4, 0.5) is 5.69 Å². The van der Waals surface area contributed by atoms with Gasteiger partial charge in [-0.25, -0.2) is 4.98 Å². The Balaban J connectivity index is 1.63. The van der Waals surface area contributed by atoms with Gasteiger partial charge in [0, 0.05) is 17.8 Å². The molecule has 27 heavy (non-hydrogen) atoms. The summed E-state index contributed by atoms with van der Waals surface area (Å²) < 4.78 is 13.2. The zero-order valence-electron chi connectivity index (χ0n) is 16.0. The number of hydrogen-bond donors (Lipinski definition) is 1. The highest BCUT2D eigenvalue weighted by molar-refractivity contribution is 5.93. The first-order valence-corrected chi connectivity index (χ1v) is 9.06. The van der Waals surface area contributed by atoms with Gasteiger partial charge in [-0.15, -0.1) is 0 Å². The number of aryl methyl sites for hydroxylation is 4. The SMILES string of the molecule is Cc1cc(C)c(NC(=O)Cn2c(C)nc3cc4c(cc32)OCCO4)c(C)c1. The second-order valence-electron chi connectivity index (χ2n) is 7.05. The Morgan fingerprint density at radius 1 is 1.04 bits per heavy atom. The van der Waals surface area contributed by atoms with Gasteiger partial charge in [-0.05, 0) is 38.8 Å². The van der Waals surface area contributed by atoms with Gasteiger partial charge in [0.2, 0.25) is 5.91 Å². The van der Waals surface area contributed by atoms with Crippen LogP contribution in [0.3, 0.4) is 0 Å². The first-order valence-electron chi connectivity index (χ1n) is 9.06. The average Bonchev–Trinajstić information content (AvgIpc) is 2.91. The fourth-order valence-corrected chi connectivity index (χ4v) is 3.68. The Hall–Kier alpha value is -3.02. The lowest BCUT2D eigenvalue weighted by atomic mass is 10.1. The Morgan fingerprint density at radius 2 is 1.67 bits per heavy atom. The number of nitrogens with one attached hydrogen (secondary N) is 1. The van der Waals surface area contributed by atoms with Crippen molar-refractivity contribution in [1.29, 1.82) is 0 Å². The van der Waals surface area contributed by atoms with Crippen molar-refractivity contribution in [2.45, 2.75) is 34.2 Å². The third-order valence-electron chi connectivity index (χ3n) is 4.85. The summed E-state index contributed by atoms with van der Waals surface area (Å²) in [6.45, 7) is 9.23. The fraction of sp³-hybridized carbons (Fsp3) is 0.333. The van der Waals surface area contributed by atoms with Crippen molar-refractivity contribution in [3.05, 3.63) is 46.8 Å². The standard InChI is InChI=1S/C21H23N3O3/c1-12-7-13(2)21(14(3)8-12)23-20(25)11-24-15(4)22-16-9-18-19(10-17(16)24)27-6-5-26-18/h7-10H,5-6,11H2,1-4H3,(H,23,25). The number of ether oxygens (including phenoxy) is 2. The number of rotatable bonds is 3. The highest BCUT2D eigenvalue weighted by atomic mass is 16.6. The van der Waals surface area contributed by atoms with E-state index in [2.05, 4.69) is 29.4 Å². The summed E-state index contributed by atoms with van der Waals surface area (Å²) in [5.74, 6) is 2.09. The minimum absolute atomic E-state index is 0.0812. The van der Waals surface area contributed by atoms with E-state index in [1.807, 2.05) is 37.5 Å². The van der Waals surface area contributed by atoms with Crippen molar-refractivity contribution < 1.29 is 14.3 Å². The summed E-state index contributed by atoms with van der Waals surface area (Å²) in [5.41, 5.74) is 5.85. The Labute approximate surface area is 158 Å². The molecule has 0 spiro atoms. The minimum atomic E-state index is -0.0812. The number of amides is 1. The van der Waals surface area contributed by atoms with Gasteiger partial charge in [0.05, 0.1) is 11.0 Å². The van der Waals surface area contributed by atoms with E-state index >= 15 is 0 Å². The van der Waals surface area contributed by atoms with Crippen LogP contribution in [-0.2, 0) is 11.3 Å². The lowest BCUT2D eigenvalue weighted by molar-refractivity contribution is -0.116. The van der Waals surface area contributed by atoms with Crippen molar-refractivity contribution in [2.75, 3.05) is 18.5 Å². The van der Waals surface area contributed by atoms with Crippen molar-refractivity contribution in [1.82, 2.24) is 9.55 Å². The normalized spacial score (nSPS) is 13.0. The molecule has 0 aliphatic carbocycles. The summed E-state index contributed by atoms with van der Waals surface area (Å²) in [4.78, 5) is 17.3. The maximum absolute atomic E-state index is 12.7. The molecule has 1 aromatic heterocycles. The Morgan fingerprint density at radius 3 is 2.33 bits per heavy atom. The molecule has 0 radical (unpaired) electrons. The van der Waals surface area contributed by atoms with Crippen molar-refractivity contribution in [3.8, 4) is 11.5 Å². The summed E-state index contributed by atoms with van der Waals surface area (Å²) in [7, 11) is 0. The first kappa shape index (κ1) is 17.4. The van der Waals surface area contributed by atoms with Crippen LogP contribution in [0.25, 0.3) is 11.0 Å². The summed E-state index contributed by atoms with van der Waals surface area (Å²) in [6, 6.07) is 7.92. The molecule has 1 aliphatic heterocycles. The van der Waals surface area contributed by atoms with Gasteiger partial charge >= 0.3 is 0 Å². The van der Waals surface area contributed by atoms with Gasteiger partial charge in [-0.1, -0.05) is 17.7 Å². The number of carbonyl (C=O) groups excluding carboxylic acids is 1. The number of anilines is 1. The van der Waals surface area contributed by atoms with Gasteiger partial charge in [0.1, 0.15) is 25.6 Å². The summed E-state index contributed by atoms with van der Waals surface area (Å²) >= 11 is 0. The minimum Gasteiger partial charge on any atom is -0.486 e. The van der Waals surface area contributed by atoms with E-state index in [-0.39, 0.29) is 12.5 Å². The monoisotopic (exact) mass is 365 g/mol. The second-order valence-corrected chi connectivity index (χ2v) is 7.05. The van der Waals surface area contributed by atoms with Crippen molar-refractivity contribution in [2.24, 2.45) is 0 Å². The molecule has 0 saturated carbocycles. The molecule has 6 nitrogen and oxygen atoms in total. The zero-order chi connectivity index (χ0) is 19.1. The van der Waals surface area contributed by atoms with Crippen LogP contribution in [0.1, 0.15) is 22.5 Å². The fourth-order valence-electron chi connectivity index (χ4n) is 3.68. The van der Waals surface area contributed by atoms with E-state index in [4.69, 9.17) is 9.47 Å². The van der Waals surface area contributed by atoms with Gasteiger partial charge < -0.3 is 19.4 Å². The molecule has 2 heterocycles. The largest absolute Gasteiger partial charge is 0.486 e. The average molecular weight is 365 g/mol. The summed E-state index contributed by atoms with van der Waals surface area (Å²) in [6.07, 6.45) is 0. The molecule has 0 fully saturated rings. The number of imidazole rings is 1. The Bertz CT molecular complexity index is 1030. The number of carbonyl (C=O) groups is 1. The molecule has 4 rings (SSSR count). The molecular formula is C21H23N3O3. The molecular weight excluding hydrogens is 342 g/mol. The lowest BCUT2D eigenvalue weighted by Gasteiger charge is -2.18. The van der Waals surface area contributed by atoms with Crippen molar-refractivity contribution >= 4 is 22.6 Å². The third-order valence-corrected chi connectivity index (χ3v) is 4.85. The van der Waals surface area contributed by atoms with E-state index in [0.29, 0.717) is 24.7 Å². The van der Waals surface area contributed by atoms with Gasteiger partial charge in [-0.2, -0.15) is 0 Å². The molecule has 1 aliphatic rings. The maximum Gasteiger partial charge on any atom is 0.244 e. The summed E-state index contributed by atoms with van der Waals surface area (Å²) in [5, 5.41) is 3.05. The number of aromatic nitrogens is 2. The van der Waals surface area contributed by atoms with Crippen LogP contribution < -0.4 is 14.8 Å². The van der Waals surface area contributed by atoms with E-state index in [1.54, 1.807) is 0 Å². The predicted molar refractivity (Wildman–Crippen MR) is 105 cm³/mol. The van der Waals surface area contributed by atoms with Crippen LogP contribution in [-0.4, -0.2) is 28.7 Å². The van der Waals surface area contributed by atoms with Gasteiger partial charge in [-0.3, -0.25) is 4.79 Å². The number of hydrogen-bond acceptors (Lipinski definition) is 4. The highest BCUT2D eigenvalue weighted by Gasteiger charge is 2.18. The van der Waals surface area contributed by atoms with Crippen LogP contribution in [0.2, 0.25) is 0 Å². The smallest absolute Gasteiger partial charge is 0.244 e. The number of fused-ring (bicyclic) bond motifs is 2. The topological polar surface area (TPSA) is 65.4 Å². The highest BCUT2D eigenvalue weighted by Crippen LogP contribution is 2.34. The quantitative estimate of drug-likeness (QED) is 0.769. The van der Waals surface area contributed by atoms with Gasteiger partial charge in [0.25, 0.3) is 0 Å².